The number of benzene rings is 3. The summed E-state index contributed by atoms with van der Waals surface area (Å²) in [5.74, 6) is -0.640. The highest BCUT2D eigenvalue weighted by Gasteiger charge is 2.77. The lowest BCUT2D eigenvalue weighted by Gasteiger charge is -2.27. The van der Waals surface area contributed by atoms with Crippen LogP contribution < -0.4 is 4.90 Å². The zero-order valence-corrected chi connectivity index (χ0v) is 18.8. The van der Waals surface area contributed by atoms with Crippen molar-refractivity contribution >= 4 is 29.2 Å². The van der Waals surface area contributed by atoms with E-state index in [-0.39, 0.29) is 22.8 Å². The van der Waals surface area contributed by atoms with Crippen LogP contribution in [0.2, 0.25) is 5.02 Å². The van der Waals surface area contributed by atoms with Crippen LogP contribution in [-0.4, -0.2) is 17.0 Å². The van der Waals surface area contributed by atoms with E-state index in [0.717, 1.165) is 28.8 Å². The van der Waals surface area contributed by atoms with Gasteiger partial charge in [-0.1, -0.05) is 67.9 Å². The molecule has 32 heavy (non-hydrogen) atoms. The number of aromatic carboxylic acids is 1. The fourth-order valence-electron chi connectivity index (χ4n) is 5.77. The minimum absolute atomic E-state index is 0.0862. The second-order valence-electron chi connectivity index (χ2n) is 9.13. The molecule has 1 aliphatic carbocycles. The zero-order valence-electron chi connectivity index (χ0n) is 18.0. The highest BCUT2D eigenvalue weighted by atomic mass is 35.5. The summed E-state index contributed by atoms with van der Waals surface area (Å²) in [5, 5.41) is 10.0. The van der Waals surface area contributed by atoms with E-state index in [1.54, 1.807) is 18.2 Å². The summed E-state index contributed by atoms with van der Waals surface area (Å²) in [6.45, 7) is 4.70. The lowest BCUT2D eigenvalue weighted by molar-refractivity contribution is -0.121. The number of para-hydroxylation sites is 1. The fraction of sp³-hybridized carbons (Fsp3) is 0.259. The SMILES string of the molecule is CC(C)[C@]1(c2ccc(Cl)cc2)CC12C(=O)N(Cc1cccc(C(=O)O)c1)c1ccccc12. The molecule has 1 N–H and O–H groups in total. The molecule has 3 aromatic carbocycles. The molecule has 0 aromatic heterocycles. The number of fused-ring (bicyclic) bond motifs is 2. The smallest absolute Gasteiger partial charge is 0.335 e. The van der Waals surface area contributed by atoms with Gasteiger partial charge in [0.1, 0.15) is 0 Å². The van der Waals surface area contributed by atoms with Crippen LogP contribution in [0.3, 0.4) is 0 Å². The number of amides is 1. The van der Waals surface area contributed by atoms with Gasteiger partial charge in [0, 0.05) is 16.1 Å². The van der Waals surface area contributed by atoms with Gasteiger partial charge in [0.05, 0.1) is 17.5 Å². The number of carboxylic acid groups (broad SMARTS) is 1. The van der Waals surface area contributed by atoms with Gasteiger partial charge >= 0.3 is 5.97 Å². The average molecular weight is 446 g/mol. The van der Waals surface area contributed by atoms with Gasteiger partial charge in [-0.3, -0.25) is 4.79 Å². The Hall–Kier alpha value is -3.11. The van der Waals surface area contributed by atoms with E-state index >= 15 is 0 Å². The molecule has 1 heterocycles. The Morgan fingerprint density at radius 3 is 2.47 bits per heavy atom. The molecule has 1 fully saturated rings. The summed E-state index contributed by atoms with van der Waals surface area (Å²) in [7, 11) is 0. The summed E-state index contributed by atoms with van der Waals surface area (Å²) in [6.07, 6.45) is 0.751. The second kappa shape index (κ2) is 7.21. The van der Waals surface area contributed by atoms with Crippen LogP contribution in [0.5, 0.6) is 0 Å². The van der Waals surface area contributed by atoms with Gasteiger partial charge in [-0.2, -0.15) is 0 Å². The molecule has 5 heteroatoms. The quantitative estimate of drug-likeness (QED) is 0.538. The first-order valence-electron chi connectivity index (χ1n) is 10.8. The summed E-state index contributed by atoms with van der Waals surface area (Å²) in [4.78, 5) is 27.4. The van der Waals surface area contributed by atoms with Crippen molar-refractivity contribution in [1.82, 2.24) is 0 Å². The van der Waals surface area contributed by atoms with Crippen LogP contribution in [0.1, 0.15) is 47.3 Å². The van der Waals surface area contributed by atoms with Crippen LogP contribution in [0, 0.1) is 5.92 Å². The minimum Gasteiger partial charge on any atom is -0.478 e. The number of hydrogen-bond acceptors (Lipinski definition) is 2. The van der Waals surface area contributed by atoms with Crippen molar-refractivity contribution in [2.24, 2.45) is 5.92 Å². The normalized spacial score (nSPS) is 23.6. The molecule has 4 nitrogen and oxygen atoms in total. The summed E-state index contributed by atoms with van der Waals surface area (Å²) >= 11 is 6.15. The Morgan fingerprint density at radius 1 is 1.06 bits per heavy atom. The van der Waals surface area contributed by atoms with Crippen LogP contribution >= 0.6 is 11.6 Å². The van der Waals surface area contributed by atoms with Gasteiger partial charge in [0.25, 0.3) is 0 Å². The Kier molecular flexibility index (Phi) is 4.68. The molecule has 0 radical (unpaired) electrons. The number of carbonyl (C=O) groups excluding carboxylic acids is 1. The lowest BCUT2D eigenvalue weighted by Crippen LogP contribution is -2.38. The molecular formula is C27H24ClNO3. The number of carboxylic acids is 1. The summed E-state index contributed by atoms with van der Waals surface area (Å²) < 4.78 is 0. The first-order chi connectivity index (χ1) is 15.3. The average Bonchev–Trinajstić information content (AvgIpc) is 3.45. The first-order valence-corrected chi connectivity index (χ1v) is 11.2. The molecule has 162 valence electrons. The van der Waals surface area contributed by atoms with Gasteiger partial charge in [0.2, 0.25) is 5.91 Å². The van der Waals surface area contributed by atoms with Crippen molar-refractivity contribution < 1.29 is 14.7 Å². The molecule has 2 aliphatic rings. The maximum Gasteiger partial charge on any atom is 0.335 e. The Bertz CT molecular complexity index is 1240. The van der Waals surface area contributed by atoms with Crippen LogP contribution in [0.25, 0.3) is 0 Å². The van der Waals surface area contributed by atoms with E-state index in [0.29, 0.717) is 11.6 Å². The van der Waals surface area contributed by atoms with Gasteiger partial charge < -0.3 is 10.0 Å². The van der Waals surface area contributed by atoms with E-state index in [2.05, 4.69) is 19.9 Å². The number of hydrogen-bond donors (Lipinski definition) is 1. The van der Waals surface area contributed by atoms with Gasteiger partial charge in [-0.15, -0.1) is 0 Å². The maximum absolute atomic E-state index is 14.1. The monoisotopic (exact) mass is 445 g/mol. The molecule has 1 aliphatic heterocycles. The maximum atomic E-state index is 14.1. The summed E-state index contributed by atoms with van der Waals surface area (Å²) in [6, 6.07) is 22.7. The third kappa shape index (κ3) is 2.75. The van der Waals surface area contributed by atoms with Crippen LogP contribution in [0.4, 0.5) is 5.69 Å². The molecule has 1 saturated carbocycles. The second-order valence-corrected chi connectivity index (χ2v) is 9.57. The molecule has 2 atom stereocenters. The molecule has 1 amide bonds. The Morgan fingerprint density at radius 2 is 1.78 bits per heavy atom. The molecule has 1 unspecified atom stereocenters. The topological polar surface area (TPSA) is 57.6 Å². The van der Waals surface area contributed by atoms with Gasteiger partial charge in [0.15, 0.2) is 0 Å². The summed E-state index contributed by atoms with van der Waals surface area (Å²) in [5.41, 5.74) is 3.21. The van der Waals surface area contributed by atoms with Crippen LogP contribution in [0.15, 0.2) is 72.8 Å². The molecule has 3 aromatic rings. The van der Waals surface area contributed by atoms with Crippen LogP contribution in [-0.2, 0) is 22.2 Å². The highest BCUT2D eigenvalue weighted by Crippen LogP contribution is 2.73. The predicted octanol–water partition coefficient (Wildman–Crippen LogP) is 5.82. The molecule has 0 saturated heterocycles. The van der Waals surface area contributed by atoms with Crippen molar-refractivity contribution in [3.8, 4) is 0 Å². The van der Waals surface area contributed by atoms with E-state index < -0.39 is 11.4 Å². The van der Waals surface area contributed by atoms with Crippen molar-refractivity contribution in [3.05, 3.63) is 100 Å². The number of anilines is 1. The van der Waals surface area contributed by atoms with Crippen molar-refractivity contribution in [1.29, 1.82) is 0 Å². The van der Waals surface area contributed by atoms with Gasteiger partial charge in [-0.25, -0.2) is 4.79 Å². The van der Waals surface area contributed by atoms with Gasteiger partial charge in [-0.05, 0) is 59.4 Å². The predicted molar refractivity (Wildman–Crippen MR) is 125 cm³/mol. The zero-order chi connectivity index (χ0) is 22.7. The third-order valence-electron chi connectivity index (χ3n) is 7.31. The van der Waals surface area contributed by atoms with Crippen molar-refractivity contribution in [3.63, 3.8) is 0 Å². The van der Waals surface area contributed by atoms with Crippen molar-refractivity contribution in [2.45, 2.75) is 37.6 Å². The van der Waals surface area contributed by atoms with Crippen molar-refractivity contribution in [2.75, 3.05) is 4.90 Å². The molecular weight excluding hydrogens is 422 g/mol. The standard InChI is InChI=1S/C27H24ClNO3/c1-17(2)26(20-10-12-21(28)13-11-20)16-27(26)22-8-3-4-9-23(22)29(25(27)32)15-18-6-5-7-19(14-18)24(30)31/h3-14,17H,15-16H2,1-2H3,(H,30,31)/t26-,27?/m0/s1. The number of nitrogens with zero attached hydrogens (tertiary/aromatic N) is 1. The van der Waals surface area contributed by atoms with E-state index in [1.807, 2.05) is 53.4 Å². The van der Waals surface area contributed by atoms with E-state index in [9.17, 15) is 14.7 Å². The molecule has 1 spiro atoms. The minimum atomic E-state index is -0.972. The Labute approximate surface area is 192 Å². The molecule has 5 rings (SSSR count). The third-order valence-corrected chi connectivity index (χ3v) is 7.56. The molecule has 0 bridgehead atoms. The fourth-order valence-corrected chi connectivity index (χ4v) is 5.90. The first kappa shape index (κ1) is 20.8. The van der Waals surface area contributed by atoms with E-state index in [4.69, 9.17) is 11.6 Å². The number of rotatable bonds is 5. The highest BCUT2D eigenvalue weighted by molar-refractivity contribution is 6.30. The largest absolute Gasteiger partial charge is 0.478 e. The lowest BCUT2D eigenvalue weighted by atomic mass is 9.75. The van der Waals surface area contributed by atoms with E-state index in [1.165, 1.54) is 0 Å². The Balaban J connectivity index is 1.60. The number of halogens is 1. The number of carbonyl (C=O) groups is 2.